The van der Waals surface area contributed by atoms with E-state index in [1.165, 1.54) is 31.4 Å². The molecule has 1 aromatic heterocycles. The van der Waals surface area contributed by atoms with Crippen molar-refractivity contribution >= 4 is 15.9 Å². The van der Waals surface area contributed by atoms with E-state index in [1.807, 2.05) is 17.9 Å². The number of rotatable bonds is 4. The first-order chi connectivity index (χ1) is 7.72. The van der Waals surface area contributed by atoms with Crippen molar-refractivity contribution in [1.82, 2.24) is 15.1 Å². The fourth-order valence-corrected chi connectivity index (χ4v) is 3.32. The lowest BCUT2D eigenvalue weighted by molar-refractivity contribution is 0.511. The third-order valence-electron chi connectivity index (χ3n) is 3.44. The van der Waals surface area contributed by atoms with Crippen molar-refractivity contribution in [1.29, 1.82) is 0 Å². The van der Waals surface area contributed by atoms with Crippen LogP contribution in [0, 0.1) is 0 Å². The molecule has 2 rings (SSSR count). The summed E-state index contributed by atoms with van der Waals surface area (Å²) in [6.07, 6.45) is 6.94. The van der Waals surface area contributed by atoms with Crippen LogP contribution in [0.2, 0.25) is 0 Å². The Morgan fingerprint density at radius 2 is 2.38 bits per heavy atom. The lowest BCUT2D eigenvalue weighted by Crippen LogP contribution is -2.27. The molecule has 16 heavy (non-hydrogen) atoms. The first kappa shape index (κ1) is 12.1. The monoisotopic (exact) mass is 285 g/mol. The molecule has 3 nitrogen and oxygen atoms in total. The van der Waals surface area contributed by atoms with Crippen molar-refractivity contribution in [2.24, 2.45) is 7.05 Å². The summed E-state index contributed by atoms with van der Waals surface area (Å²) in [6, 6.07) is 0.701. The lowest BCUT2D eigenvalue weighted by atomic mass is 10.0. The van der Waals surface area contributed by atoms with E-state index in [0.29, 0.717) is 12.0 Å². The van der Waals surface area contributed by atoms with Gasteiger partial charge in [-0.25, -0.2) is 0 Å². The van der Waals surface area contributed by atoms with Crippen molar-refractivity contribution in [3.8, 4) is 0 Å². The Morgan fingerprint density at radius 1 is 1.56 bits per heavy atom. The Hall–Kier alpha value is -0.350. The van der Waals surface area contributed by atoms with E-state index >= 15 is 0 Å². The first-order valence-corrected chi connectivity index (χ1v) is 6.92. The highest BCUT2D eigenvalue weighted by atomic mass is 79.9. The van der Waals surface area contributed by atoms with E-state index in [2.05, 4.69) is 33.3 Å². The molecule has 1 aromatic rings. The third-order valence-corrected chi connectivity index (χ3v) is 4.05. The maximum absolute atomic E-state index is 4.30. The number of halogens is 1. The van der Waals surface area contributed by atoms with Gasteiger partial charge >= 0.3 is 0 Å². The van der Waals surface area contributed by atoms with E-state index in [1.54, 1.807) is 0 Å². The number of nitrogens with zero attached hydrogens (tertiary/aromatic N) is 2. The third kappa shape index (κ3) is 2.48. The predicted octanol–water partition coefficient (Wildman–Crippen LogP) is 2.82. The highest BCUT2D eigenvalue weighted by Gasteiger charge is 2.28. The summed E-state index contributed by atoms with van der Waals surface area (Å²) in [5.41, 5.74) is 1.36. The van der Waals surface area contributed by atoms with Crippen LogP contribution in [-0.2, 0) is 7.05 Å². The van der Waals surface area contributed by atoms with Gasteiger partial charge in [-0.15, -0.1) is 0 Å². The zero-order valence-corrected chi connectivity index (χ0v) is 11.6. The van der Waals surface area contributed by atoms with Gasteiger partial charge in [0.2, 0.25) is 0 Å². The number of nitrogens with one attached hydrogen (secondary N) is 1. The highest BCUT2D eigenvalue weighted by molar-refractivity contribution is 9.10. The minimum absolute atomic E-state index is 0.663. The Balaban J connectivity index is 1.98. The van der Waals surface area contributed by atoms with Gasteiger partial charge in [-0.1, -0.05) is 6.92 Å². The van der Waals surface area contributed by atoms with E-state index in [4.69, 9.17) is 0 Å². The molecule has 0 saturated heterocycles. The van der Waals surface area contributed by atoms with Gasteiger partial charge in [0, 0.05) is 19.0 Å². The van der Waals surface area contributed by atoms with E-state index in [9.17, 15) is 0 Å². The minimum atomic E-state index is 0.663. The van der Waals surface area contributed by atoms with Crippen molar-refractivity contribution in [2.45, 2.75) is 44.6 Å². The van der Waals surface area contributed by atoms with Crippen LogP contribution >= 0.6 is 15.9 Å². The average molecular weight is 286 g/mol. The lowest BCUT2D eigenvalue weighted by Gasteiger charge is -2.13. The zero-order chi connectivity index (χ0) is 11.5. The molecule has 2 atom stereocenters. The van der Waals surface area contributed by atoms with Crippen molar-refractivity contribution in [3.05, 3.63) is 16.4 Å². The second-order valence-corrected chi connectivity index (χ2v) is 5.52. The van der Waals surface area contributed by atoms with Gasteiger partial charge < -0.3 is 5.32 Å². The molecule has 1 heterocycles. The molecular weight excluding hydrogens is 266 g/mol. The summed E-state index contributed by atoms with van der Waals surface area (Å²) < 4.78 is 3.17. The number of hydrogen-bond acceptors (Lipinski definition) is 2. The Kier molecular flexibility index (Phi) is 4.03. The summed E-state index contributed by atoms with van der Waals surface area (Å²) in [6.45, 7) is 3.36. The molecule has 0 aliphatic heterocycles. The maximum atomic E-state index is 4.30. The molecule has 90 valence electrons. The molecule has 1 N–H and O–H groups in total. The van der Waals surface area contributed by atoms with Gasteiger partial charge in [-0.2, -0.15) is 5.10 Å². The van der Waals surface area contributed by atoms with Gasteiger partial charge in [-0.3, -0.25) is 4.68 Å². The molecule has 0 bridgehead atoms. The first-order valence-electron chi connectivity index (χ1n) is 6.13. The zero-order valence-electron chi connectivity index (χ0n) is 10.0. The second-order valence-electron chi connectivity index (χ2n) is 4.66. The average Bonchev–Trinajstić information content (AvgIpc) is 2.83. The fraction of sp³-hybridized carbons (Fsp3) is 0.750. The van der Waals surface area contributed by atoms with Crippen LogP contribution in [0.15, 0.2) is 10.7 Å². The van der Waals surface area contributed by atoms with Crippen LogP contribution in [0.4, 0.5) is 0 Å². The molecular formula is C12H20BrN3. The minimum Gasteiger partial charge on any atom is -0.314 e. The molecule has 2 unspecified atom stereocenters. The quantitative estimate of drug-likeness (QED) is 0.922. The summed E-state index contributed by atoms with van der Waals surface area (Å²) in [4.78, 5) is 0. The fourth-order valence-electron chi connectivity index (χ4n) is 2.64. The van der Waals surface area contributed by atoms with Crippen molar-refractivity contribution < 1.29 is 0 Å². The Labute approximate surface area is 106 Å². The summed E-state index contributed by atoms with van der Waals surface area (Å²) in [5, 5.41) is 7.91. The largest absolute Gasteiger partial charge is 0.314 e. The maximum Gasteiger partial charge on any atom is 0.0635 e. The molecule has 1 aliphatic rings. The summed E-state index contributed by atoms with van der Waals surface area (Å²) >= 11 is 3.60. The van der Waals surface area contributed by atoms with Gasteiger partial charge in [0.05, 0.1) is 16.4 Å². The molecule has 0 spiro atoms. The van der Waals surface area contributed by atoms with Gasteiger partial charge in [0.25, 0.3) is 0 Å². The number of hydrogen-bond donors (Lipinski definition) is 1. The van der Waals surface area contributed by atoms with Gasteiger partial charge in [0.1, 0.15) is 0 Å². The van der Waals surface area contributed by atoms with Crippen LogP contribution in [0.3, 0.4) is 0 Å². The standard InChI is InChI=1S/C12H20BrN3/c1-3-6-14-10-5-4-9(7-10)12-11(13)8-15-16(12)2/h8-10,14H,3-7H2,1-2H3. The van der Waals surface area contributed by atoms with Crippen LogP contribution < -0.4 is 5.32 Å². The van der Waals surface area contributed by atoms with Crippen LogP contribution in [0.1, 0.15) is 44.2 Å². The van der Waals surface area contributed by atoms with Crippen LogP contribution in [-0.4, -0.2) is 22.4 Å². The number of aryl methyl sites for hydroxylation is 1. The number of aromatic nitrogens is 2. The molecule has 4 heteroatoms. The van der Waals surface area contributed by atoms with Crippen LogP contribution in [0.5, 0.6) is 0 Å². The summed E-state index contributed by atoms with van der Waals surface area (Å²) in [5.74, 6) is 0.663. The summed E-state index contributed by atoms with van der Waals surface area (Å²) in [7, 11) is 2.03. The van der Waals surface area contributed by atoms with Gasteiger partial charge in [0.15, 0.2) is 0 Å². The van der Waals surface area contributed by atoms with E-state index in [0.717, 1.165) is 11.0 Å². The highest BCUT2D eigenvalue weighted by Crippen LogP contribution is 2.37. The smallest absolute Gasteiger partial charge is 0.0635 e. The van der Waals surface area contributed by atoms with Crippen LogP contribution in [0.25, 0.3) is 0 Å². The van der Waals surface area contributed by atoms with E-state index < -0.39 is 0 Å². The molecule has 1 aliphatic carbocycles. The molecule has 0 amide bonds. The van der Waals surface area contributed by atoms with Gasteiger partial charge in [-0.05, 0) is 48.2 Å². The second kappa shape index (κ2) is 5.32. The predicted molar refractivity (Wildman–Crippen MR) is 69.6 cm³/mol. The van der Waals surface area contributed by atoms with Crippen molar-refractivity contribution in [2.75, 3.05) is 6.54 Å². The Bertz CT molecular complexity index is 329. The normalized spacial score (nSPS) is 25.2. The molecule has 1 saturated carbocycles. The Morgan fingerprint density at radius 3 is 3.00 bits per heavy atom. The molecule has 0 radical (unpaired) electrons. The van der Waals surface area contributed by atoms with Crippen molar-refractivity contribution in [3.63, 3.8) is 0 Å². The molecule has 0 aromatic carbocycles. The molecule has 1 fully saturated rings. The SMILES string of the molecule is CCCNC1CCC(c2c(Br)cnn2C)C1. The topological polar surface area (TPSA) is 29.9 Å². The van der Waals surface area contributed by atoms with E-state index in [-0.39, 0.29) is 0 Å².